The Labute approximate surface area is 189 Å². The van der Waals surface area contributed by atoms with Crippen LogP contribution >= 0.6 is 11.6 Å². The third kappa shape index (κ3) is 5.61. The first-order valence-electron chi connectivity index (χ1n) is 10.2. The first kappa shape index (κ1) is 21.8. The summed E-state index contributed by atoms with van der Waals surface area (Å²) in [6, 6.07) is 11.4. The SMILES string of the molecule is CC(=O)Nc1cccc(Nc2ncnc(N3CCC(Oc4ccc(F)cc4Cl)CC3)n2)c1. The van der Waals surface area contributed by atoms with Crippen LogP contribution in [-0.2, 0) is 4.79 Å². The van der Waals surface area contributed by atoms with Gasteiger partial charge in [0.1, 0.15) is 24.0 Å². The molecule has 1 aromatic heterocycles. The number of aromatic nitrogens is 3. The van der Waals surface area contributed by atoms with Crippen molar-refractivity contribution < 1.29 is 13.9 Å². The highest BCUT2D eigenvalue weighted by Crippen LogP contribution is 2.28. The lowest BCUT2D eigenvalue weighted by Crippen LogP contribution is -2.39. The van der Waals surface area contributed by atoms with Crippen molar-refractivity contribution in [2.75, 3.05) is 28.6 Å². The Hall–Kier alpha value is -3.46. The van der Waals surface area contributed by atoms with Gasteiger partial charge in [0.2, 0.25) is 17.8 Å². The van der Waals surface area contributed by atoms with E-state index in [2.05, 4.69) is 30.5 Å². The maximum atomic E-state index is 13.2. The Balaban J connectivity index is 1.36. The molecule has 1 fully saturated rings. The molecule has 1 saturated heterocycles. The molecule has 0 unspecified atom stereocenters. The highest BCUT2D eigenvalue weighted by Gasteiger charge is 2.23. The van der Waals surface area contributed by atoms with Crippen LogP contribution < -0.4 is 20.3 Å². The lowest BCUT2D eigenvalue weighted by molar-refractivity contribution is -0.114. The van der Waals surface area contributed by atoms with Gasteiger partial charge in [0, 0.05) is 44.2 Å². The number of hydrogen-bond donors (Lipinski definition) is 2. The summed E-state index contributed by atoms with van der Waals surface area (Å²) in [5, 5.41) is 6.15. The summed E-state index contributed by atoms with van der Waals surface area (Å²) in [5.74, 6) is 0.932. The van der Waals surface area contributed by atoms with Crippen LogP contribution in [0.15, 0.2) is 48.8 Å². The Morgan fingerprint density at radius 2 is 1.94 bits per heavy atom. The summed E-state index contributed by atoms with van der Waals surface area (Å²) in [6.07, 6.45) is 2.94. The van der Waals surface area contributed by atoms with Crippen molar-refractivity contribution in [2.45, 2.75) is 25.9 Å². The molecular formula is C22H22ClFN6O2. The van der Waals surface area contributed by atoms with E-state index in [1.54, 1.807) is 18.2 Å². The van der Waals surface area contributed by atoms with Crippen molar-refractivity contribution in [2.24, 2.45) is 0 Å². The number of benzene rings is 2. The quantitative estimate of drug-likeness (QED) is 0.567. The minimum Gasteiger partial charge on any atom is -0.489 e. The highest BCUT2D eigenvalue weighted by molar-refractivity contribution is 6.32. The van der Waals surface area contributed by atoms with E-state index in [1.165, 1.54) is 25.4 Å². The van der Waals surface area contributed by atoms with Crippen molar-refractivity contribution in [1.29, 1.82) is 0 Å². The van der Waals surface area contributed by atoms with Gasteiger partial charge in [-0.1, -0.05) is 17.7 Å². The number of carbonyl (C=O) groups excluding carboxylic acids is 1. The summed E-state index contributed by atoms with van der Waals surface area (Å²) >= 11 is 6.06. The molecule has 1 amide bonds. The number of hydrogen-bond acceptors (Lipinski definition) is 7. The monoisotopic (exact) mass is 456 g/mol. The topological polar surface area (TPSA) is 92.3 Å². The Bertz CT molecular complexity index is 1110. The number of nitrogens with zero attached hydrogens (tertiary/aromatic N) is 4. The van der Waals surface area contributed by atoms with Gasteiger partial charge < -0.3 is 20.3 Å². The zero-order valence-electron chi connectivity index (χ0n) is 17.4. The number of ether oxygens (including phenoxy) is 1. The third-order valence-corrected chi connectivity index (χ3v) is 5.21. The molecule has 2 heterocycles. The number of anilines is 4. The Kier molecular flexibility index (Phi) is 6.65. The molecule has 0 bridgehead atoms. The van der Waals surface area contributed by atoms with Crippen LogP contribution in [0.3, 0.4) is 0 Å². The number of piperidine rings is 1. The molecule has 10 heteroatoms. The molecule has 2 aromatic carbocycles. The van der Waals surface area contributed by atoms with Gasteiger partial charge in [-0.2, -0.15) is 4.98 Å². The molecule has 8 nitrogen and oxygen atoms in total. The fourth-order valence-electron chi connectivity index (χ4n) is 3.43. The van der Waals surface area contributed by atoms with E-state index in [-0.39, 0.29) is 17.0 Å². The van der Waals surface area contributed by atoms with Gasteiger partial charge in [0.25, 0.3) is 0 Å². The molecular weight excluding hydrogens is 435 g/mol. The second-order valence-electron chi connectivity index (χ2n) is 7.38. The predicted molar refractivity (Wildman–Crippen MR) is 121 cm³/mol. The molecule has 4 rings (SSSR count). The van der Waals surface area contributed by atoms with Gasteiger partial charge in [0.15, 0.2) is 0 Å². The molecule has 0 atom stereocenters. The van der Waals surface area contributed by atoms with E-state index < -0.39 is 5.82 Å². The van der Waals surface area contributed by atoms with Crippen molar-refractivity contribution in [3.05, 3.63) is 59.6 Å². The minimum atomic E-state index is -0.390. The zero-order chi connectivity index (χ0) is 22.5. The molecule has 0 aliphatic carbocycles. The summed E-state index contributed by atoms with van der Waals surface area (Å²) in [7, 11) is 0. The molecule has 1 aliphatic heterocycles. The number of carbonyl (C=O) groups is 1. The molecule has 166 valence electrons. The first-order chi connectivity index (χ1) is 15.5. The van der Waals surface area contributed by atoms with Crippen LogP contribution in [-0.4, -0.2) is 40.1 Å². The van der Waals surface area contributed by atoms with Crippen LogP contribution in [0.4, 0.5) is 27.7 Å². The number of nitrogens with one attached hydrogen (secondary N) is 2. The van der Waals surface area contributed by atoms with Crippen LogP contribution in [0.2, 0.25) is 5.02 Å². The Morgan fingerprint density at radius 3 is 2.69 bits per heavy atom. The summed E-state index contributed by atoms with van der Waals surface area (Å²) < 4.78 is 19.2. The van der Waals surface area contributed by atoms with E-state index in [9.17, 15) is 9.18 Å². The van der Waals surface area contributed by atoms with Gasteiger partial charge in [-0.15, -0.1) is 0 Å². The lowest BCUT2D eigenvalue weighted by atomic mass is 10.1. The Morgan fingerprint density at radius 1 is 1.16 bits per heavy atom. The second-order valence-corrected chi connectivity index (χ2v) is 7.78. The van der Waals surface area contributed by atoms with Crippen molar-refractivity contribution in [3.8, 4) is 5.75 Å². The fourth-order valence-corrected chi connectivity index (χ4v) is 3.64. The van der Waals surface area contributed by atoms with E-state index in [0.717, 1.165) is 18.5 Å². The van der Waals surface area contributed by atoms with Gasteiger partial charge in [-0.3, -0.25) is 4.79 Å². The van der Waals surface area contributed by atoms with E-state index >= 15 is 0 Å². The van der Waals surface area contributed by atoms with Crippen LogP contribution in [0.25, 0.3) is 0 Å². The largest absolute Gasteiger partial charge is 0.489 e. The zero-order valence-corrected chi connectivity index (χ0v) is 18.1. The normalized spacial score (nSPS) is 14.2. The van der Waals surface area contributed by atoms with Gasteiger partial charge in [-0.05, 0) is 36.4 Å². The molecule has 3 aromatic rings. The summed E-state index contributed by atoms with van der Waals surface area (Å²) in [6.45, 7) is 2.86. The van der Waals surface area contributed by atoms with Gasteiger partial charge >= 0.3 is 0 Å². The fraction of sp³-hybridized carbons (Fsp3) is 0.273. The van der Waals surface area contributed by atoms with E-state index in [1.807, 2.05) is 12.1 Å². The number of amides is 1. The standard InChI is InChI=1S/C22H22ClFN6O2/c1-14(31)27-16-3-2-4-17(12-16)28-21-25-13-26-22(29-21)30-9-7-18(8-10-30)32-20-6-5-15(24)11-19(20)23/h2-6,11-13,18H,7-10H2,1H3,(H,27,31)(H,25,26,28,29). The molecule has 1 aliphatic rings. The third-order valence-electron chi connectivity index (χ3n) is 4.91. The van der Waals surface area contributed by atoms with Gasteiger partial charge in [-0.25, -0.2) is 14.4 Å². The maximum absolute atomic E-state index is 13.2. The smallest absolute Gasteiger partial charge is 0.231 e. The second kappa shape index (κ2) is 9.78. The average molecular weight is 457 g/mol. The average Bonchev–Trinajstić information content (AvgIpc) is 2.76. The number of halogens is 2. The minimum absolute atomic E-state index is 0.0230. The molecule has 32 heavy (non-hydrogen) atoms. The summed E-state index contributed by atoms with van der Waals surface area (Å²) in [4.78, 5) is 26.3. The number of rotatable bonds is 6. The first-order valence-corrected chi connectivity index (χ1v) is 10.5. The molecule has 0 spiro atoms. The lowest BCUT2D eigenvalue weighted by Gasteiger charge is -2.32. The van der Waals surface area contributed by atoms with Crippen molar-refractivity contribution >= 4 is 40.8 Å². The van der Waals surface area contributed by atoms with Crippen LogP contribution in [0.1, 0.15) is 19.8 Å². The van der Waals surface area contributed by atoms with E-state index in [0.29, 0.717) is 36.4 Å². The van der Waals surface area contributed by atoms with Crippen LogP contribution in [0.5, 0.6) is 5.75 Å². The van der Waals surface area contributed by atoms with Crippen molar-refractivity contribution in [3.63, 3.8) is 0 Å². The molecule has 2 N–H and O–H groups in total. The van der Waals surface area contributed by atoms with Gasteiger partial charge in [0.05, 0.1) is 5.02 Å². The predicted octanol–water partition coefficient (Wildman–Crippen LogP) is 4.41. The molecule has 0 radical (unpaired) electrons. The highest BCUT2D eigenvalue weighted by atomic mass is 35.5. The van der Waals surface area contributed by atoms with Crippen LogP contribution in [0, 0.1) is 5.82 Å². The molecule has 0 saturated carbocycles. The maximum Gasteiger partial charge on any atom is 0.231 e. The van der Waals surface area contributed by atoms with Crippen molar-refractivity contribution in [1.82, 2.24) is 15.0 Å². The summed E-state index contributed by atoms with van der Waals surface area (Å²) in [5.41, 5.74) is 1.43. The van der Waals surface area contributed by atoms with E-state index in [4.69, 9.17) is 16.3 Å².